The van der Waals surface area contributed by atoms with Crippen molar-refractivity contribution in [2.75, 3.05) is 0 Å². The molecule has 0 atom stereocenters. The van der Waals surface area contributed by atoms with Crippen molar-refractivity contribution >= 4 is 20.9 Å². The van der Waals surface area contributed by atoms with Gasteiger partial charge in [-0.3, -0.25) is 4.79 Å². The van der Waals surface area contributed by atoms with Crippen molar-refractivity contribution in [2.45, 2.75) is 38.2 Å². The zero-order valence-corrected chi connectivity index (χ0v) is 19.6. The Labute approximate surface area is 187 Å². The summed E-state index contributed by atoms with van der Waals surface area (Å²) in [6.45, 7) is 7.25. The summed E-state index contributed by atoms with van der Waals surface area (Å²) in [4.78, 5) is 13.2. The summed E-state index contributed by atoms with van der Waals surface area (Å²) in [7, 11) is -2.35. The first kappa shape index (κ1) is 22.0. The van der Waals surface area contributed by atoms with E-state index < -0.39 is 21.2 Å². The lowest BCUT2D eigenvalue weighted by atomic mass is 9.91. The van der Waals surface area contributed by atoms with Crippen molar-refractivity contribution in [3.63, 3.8) is 0 Å². The smallest absolute Gasteiger partial charge is 0.275 e. The SMILES string of the molecule is Cc1ccc(S(=O)(=O)n2ccc3c(-c4cc(C(C)(C)O)ccc4C)cn(C)c(=O)c32)cc1. The topological polar surface area (TPSA) is 81.3 Å². The Morgan fingerprint density at radius 2 is 1.59 bits per heavy atom. The Bertz CT molecular complexity index is 1500. The van der Waals surface area contributed by atoms with E-state index in [1.54, 1.807) is 57.4 Å². The van der Waals surface area contributed by atoms with Crippen LogP contribution in [0.3, 0.4) is 0 Å². The van der Waals surface area contributed by atoms with E-state index in [4.69, 9.17) is 0 Å². The molecule has 0 bridgehead atoms. The van der Waals surface area contributed by atoms with Crippen molar-refractivity contribution in [1.82, 2.24) is 8.54 Å². The summed E-state index contributed by atoms with van der Waals surface area (Å²) < 4.78 is 29.2. The predicted octanol–water partition coefficient (Wildman–Crippen LogP) is 4.09. The third-order valence-electron chi connectivity index (χ3n) is 5.80. The van der Waals surface area contributed by atoms with E-state index in [2.05, 4.69) is 0 Å². The molecule has 32 heavy (non-hydrogen) atoms. The lowest BCUT2D eigenvalue weighted by molar-refractivity contribution is 0.0786. The molecule has 7 heteroatoms. The highest BCUT2D eigenvalue weighted by atomic mass is 32.2. The third-order valence-corrected chi connectivity index (χ3v) is 7.49. The molecular formula is C25H26N2O4S. The highest BCUT2D eigenvalue weighted by Gasteiger charge is 2.24. The van der Waals surface area contributed by atoms with Gasteiger partial charge in [-0.15, -0.1) is 0 Å². The van der Waals surface area contributed by atoms with E-state index in [0.717, 1.165) is 31.8 Å². The molecule has 1 N–H and O–H groups in total. The van der Waals surface area contributed by atoms with Gasteiger partial charge in [-0.2, -0.15) is 0 Å². The molecule has 0 aliphatic rings. The standard InChI is InChI=1S/C25H26N2O4S/c1-16-6-10-19(11-7-16)32(30,31)27-13-12-20-22(15-26(5)24(28)23(20)27)21-14-18(25(3,4)29)9-8-17(21)2/h6-15,29H,1-5H3. The first-order chi connectivity index (χ1) is 14.9. The number of benzene rings is 2. The number of fused-ring (bicyclic) bond motifs is 1. The molecule has 0 unspecified atom stereocenters. The van der Waals surface area contributed by atoms with E-state index in [-0.39, 0.29) is 10.4 Å². The summed E-state index contributed by atoms with van der Waals surface area (Å²) in [5.41, 5.74) is 2.84. The maximum atomic E-state index is 13.4. The average molecular weight is 451 g/mol. The molecule has 0 saturated heterocycles. The highest BCUT2D eigenvalue weighted by Crippen LogP contribution is 2.34. The van der Waals surface area contributed by atoms with E-state index in [1.807, 2.05) is 32.0 Å². The number of rotatable bonds is 4. The Hall–Kier alpha value is -3.16. The van der Waals surface area contributed by atoms with Gasteiger partial charge in [-0.25, -0.2) is 12.4 Å². The van der Waals surface area contributed by atoms with Crippen LogP contribution in [-0.4, -0.2) is 22.1 Å². The minimum Gasteiger partial charge on any atom is -0.386 e. The molecule has 2 aromatic heterocycles. The molecule has 2 heterocycles. The van der Waals surface area contributed by atoms with Gasteiger partial charge in [0.25, 0.3) is 15.6 Å². The maximum absolute atomic E-state index is 13.4. The fourth-order valence-electron chi connectivity index (χ4n) is 3.86. The molecule has 4 aromatic rings. The van der Waals surface area contributed by atoms with Gasteiger partial charge >= 0.3 is 0 Å². The summed E-state index contributed by atoms with van der Waals surface area (Å²) in [6, 6.07) is 13.9. The van der Waals surface area contributed by atoms with Crippen molar-refractivity contribution in [2.24, 2.45) is 7.05 Å². The molecule has 0 aliphatic carbocycles. The van der Waals surface area contributed by atoms with E-state index in [1.165, 1.54) is 10.8 Å². The quantitative estimate of drug-likeness (QED) is 0.508. The van der Waals surface area contributed by atoms with Crippen LogP contribution in [0.25, 0.3) is 22.0 Å². The number of hydrogen-bond acceptors (Lipinski definition) is 4. The molecule has 2 aromatic carbocycles. The summed E-state index contributed by atoms with van der Waals surface area (Å²) in [5, 5.41) is 11.0. The number of hydrogen-bond donors (Lipinski definition) is 1. The second kappa shape index (κ2) is 7.46. The zero-order chi connectivity index (χ0) is 23.4. The van der Waals surface area contributed by atoms with Crippen LogP contribution in [0.4, 0.5) is 0 Å². The molecular weight excluding hydrogens is 424 g/mol. The van der Waals surface area contributed by atoms with Crippen molar-refractivity contribution < 1.29 is 13.5 Å². The Morgan fingerprint density at radius 3 is 2.22 bits per heavy atom. The van der Waals surface area contributed by atoms with Crippen molar-refractivity contribution in [1.29, 1.82) is 0 Å². The summed E-state index contributed by atoms with van der Waals surface area (Å²) in [6.07, 6.45) is 3.14. The molecule has 166 valence electrons. The molecule has 0 saturated carbocycles. The molecule has 0 fully saturated rings. The summed E-state index contributed by atoms with van der Waals surface area (Å²) in [5.74, 6) is 0. The molecule has 0 radical (unpaired) electrons. The van der Waals surface area contributed by atoms with Crippen LogP contribution in [0.1, 0.15) is 30.5 Å². The predicted molar refractivity (Wildman–Crippen MR) is 126 cm³/mol. The second-order valence-corrected chi connectivity index (χ2v) is 10.6. The van der Waals surface area contributed by atoms with Gasteiger partial charge < -0.3 is 9.67 Å². The van der Waals surface area contributed by atoms with Crippen LogP contribution >= 0.6 is 0 Å². The largest absolute Gasteiger partial charge is 0.386 e. The summed E-state index contributed by atoms with van der Waals surface area (Å²) >= 11 is 0. The van der Waals surface area contributed by atoms with Gasteiger partial charge in [0, 0.05) is 30.4 Å². The van der Waals surface area contributed by atoms with Crippen LogP contribution < -0.4 is 5.56 Å². The van der Waals surface area contributed by atoms with Gasteiger partial charge in [0.1, 0.15) is 5.52 Å². The Morgan fingerprint density at radius 1 is 0.938 bits per heavy atom. The first-order valence-electron chi connectivity index (χ1n) is 10.3. The lowest BCUT2D eigenvalue weighted by Crippen LogP contribution is -2.22. The van der Waals surface area contributed by atoms with Crippen LogP contribution in [-0.2, 0) is 22.7 Å². The van der Waals surface area contributed by atoms with E-state index in [9.17, 15) is 18.3 Å². The fraction of sp³-hybridized carbons (Fsp3) is 0.240. The van der Waals surface area contributed by atoms with Gasteiger partial charge in [0.15, 0.2) is 0 Å². The van der Waals surface area contributed by atoms with Crippen LogP contribution in [0, 0.1) is 13.8 Å². The highest BCUT2D eigenvalue weighted by molar-refractivity contribution is 7.90. The zero-order valence-electron chi connectivity index (χ0n) is 18.7. The van der Waals surface area contributed by atoms with Gasteiger partial charge in [0.05, 0.1) is 10.5 Å². The lowest BCUT2D eigenvalue weighted by Gasteiger charge is -2.20. The van der Waals surface area contributed by atoms with E-state index >= 15 is 0 Å². The number of nitrogens with zero attached hydrogens (tertiary/aromatic N) is 2. The van der Waals surface area contributed by atoms with Crippen molar-refractivity contribution in [3.8, 4) is 11.1 Å². The Kier molecular flexibility index (Phi) is 5.14. The van der Waals surface area contributed by atoms with Crippen LogP contribution in [0.15, 0.2) is 70.6 Å². The molecule has 4 rings (SSSR count). The third kappa shape index (κ3) is 3.57. The van der Waals surface area contributed by atoms with Crippen LogP contribution in [0.2, 0.25) is 0 Å². The number of pyridine rings is 1. The van der Waals surface area contributed by atoms with E-state index in [0.29, 0.717) is 5.39 Å². The number of aliphatic hydroxyl groups is 1. The molecule has 0 spiro atoms. The first-order valence-corrected chi connectivity index (χ1v) is 11.7. The van der Waals surface area contributed by atoms with Crippen molar-refractivity contribution in [3.05, 3.63) is 88.0 Å². The molecule has 0 aliphatic heterocycles. The normalized spacial score (nSPS) is 12.4. The monoisotopic (exact) mass is 450 g/mol. The fourth-order valence-corrected chi connectivity index (χ4v) is 5.21. The molecule has 0 amide bonds. The average Bonchev–Trinajstić information content (AvgIpc) is 3.17. The van der Waals surface area contributed by atoms with Gasteiger partial charge in [0.2, 0.25) is 0 Å². The number of aryl methyl sites for hydroxylation is 3. The minimum atomic E-state index is -3.96. The minimum absolute atomic E-state index is 0.0960. The van der Waals surface area contributed by atoms with Crippen LogP contribution in [0.5, 0.6) is 0 Å². The maximum Gasteiger partial charge on any atom is 0.275 e. The molecule has 6 nitrogen and oxygen atoms in total. The van der Waals surface area contributed by atoms with Gasteiger partial charge in [-0.1, -0.05) is 29.8 Å². The number of aromatic nitrogens is 2. The second-order valence-electron chi connectivity index (χ2n) is 8.74. The Balaban J connectivity index is 2.03. The van der Waals surface area contributed by atoms with Gasteiger partial charge in [-0.05, 0) is 68.7 Å².